The third kappa shape index (κ3) is 3.96. The molecule has 2 aliphatic heterocycles. The van der Waals surface area contributed by atoms with E-state index in [4.69, 9.17) is 0 Å². The molecule has 0 aromatic carbocycles. The Hall–Kier alpha value is -1.67. The second-order valence-electron chi connectivity index (χ2n) is 6.59. The van der Waals surface area contributed by atoms with E-state index in [1.54, 1.807) is 5.38 Å². The van der Waals surface area contributed by atoms with Crippen LogP contribution in [0.2, 0.25) is 0 Å². The highest BCUT2D eigenvalue weighted by atomic mass is 32.2. The summed E-state index contributed by atoms with van der Waals surface area (Å²) in [5.41, 5.74) is 1.26. The standard InChI is InChI=1S/C17H15N3O5S5/c1-6-3-27-13(18-6)12(26)8-5-28-15-10(14(22)20(15)11(8)16(23)24)19-9(21)2-7-4-29-17(25)30-7/h3-4,10,12,15,26H,2,5H2,1H3,(H,19,21)(H,23,24). The van der Waals surface area contributed by atoms with Gasteiger partial charge in [-0.3, -0.25) is 19.3 Å². The van der Waals surface area contributed by atoms with Gasteiger partial charge in [-0.05, 0) is 12.5 Å². The lowest BCUT2D eigenvalue weighted by Gasteiger charge is -2.49. The Labute approximate surface area is 192 Å². The summed E-state index contributed by atoms with van der Waals surface area (Å²) in [6, 6.07) is -0.797. The van der Waals surface area contributed by atoms with Crippen molar-refractivity contribution < 1.29 is 19.5 Å². The van der Waals surface area contributed by atoms with Gasteiger partial charge in [0.25, 0.3) is 9.96 Å². The number of aryl methyl sites for hydroxylation is 1. The summed E-state index contributed by atoms with van der Waals surface area (Å²) in [6.07, 6.45) is 0.0135. The fourth-order valence-corrected chi connectivity index (χ4v) is 7.73. The maximum Gasteiger partial charge on any atom is 0.352 e. The lowest BCUT2D eigenvalue weighted by molar-refractivity contribution is -0.150. The van der Waals surface area contributed by atoms with Crippen LogP contribution in [0.1, 0.15) is 20.8 Å². The zero-order valence-electron chi connectivity index (χ0n) is 15.4. The van der Waals surface area contributed by atoms with E-state index >= 15 is 0 Å². The van der Waals surface area contributed by atoms with Gasteiger partial charge < -0.3 is 10.4 Å². The van der Waals surface area contributed by atoms with E-state index < -0.39 is 28.5 Å². The van der Waals surface area contributed by atoms with Gasteiger partial charge in [-0.25, -0.2) is 9.78 Å². The second-order valence-corrected chi connectivity index (χ2v) is 11.3. The number of carboxylic acid groups (broad SMARTS) is 1. The van der Waals surface area contributed by atoms with Crippen molar-refractivity contribution in [2.75, 3.05) is 5.75 Å². The fourth-order valence-electron chi connectivity index (χ4n) is 3.23. The molecule has 13 heteroatoms. The van der Waals surface area contributed by atoms with E-state index in [1.807, 2.05) is 12.3 Å². The lowest BCUT2D eigenvalue weighted by atomic mass is 10.0. The van der Waals surface area contributed by atoms with Crippen molar-refractivity contribution in [3.05, 3.63) is 46.5 Å². The summed E-state index contributed by atoms with van der Waals surface area (Å²) >= 11 is 9.39. The van der Waals surface area contributed by atoms with Gasteiger partial charge in [-0.2, -0.15) is 12.6 Å². The van der Waals surface area contributed by atoms with Crippen molar-refractivity contribution in [3.63, 3.8) is 0 Å². The summed E-state index contributed by atoms with van der Waals surface area (Å²) in [5, 5.41) is 15.6. The minimum absolute atomic E-state index is 0.0135. The van der Waals surface area contributed by atoms with Crippen LogP contribution >= 0.6 is 58.4 Å². The first kappa shape index (κ1) is 21.6. The highest BCUT2D eigenvalue weighted by Crippen LogP contribution is 2.45. The van der Waals surface area contributed by atoms with Gasteiger partial charge in [0.15, 0.2) is 0 Å². The van der Waals surface area contributed by atoms with Gasteiger partial charge in [-0.15, -0.1) is 23.1 Å². The van der Waals surface area contributed by atoms with Gasteiger partial charge in [0.05, 0.1) is 11.7 Å². The Morgan fingerprint density at radius 2 is 2.13 bits per heavy atom. The number of nitrogens with zero attached hydrogens (tertiary/aromatic N) is 2. The SMILES string of the molecule is Cc1csc(C(S)C2=C(C(=O)O)N3C(=O)C(NC(=O)Cc4csc(=O)s4)C3SC2)n1. The molecule has 4 heterocycles. The molecule has 30 heavy (non-hydrogen) atoms. The van der Waals surface area contributed by atoms with Crippen molar-refractivity contribution in [1.82, 2.24) is 15.2 Å². The Bertz CT molecular complexity index is 1120. The van der Waals surface area contributed by atoms with Gasteiger partial charge >= 0.3 is 5.97 Å². The predicted octanol–water partition coefficient (Wildman–Crippen LogP) is 1.89. The normalized spacial score (nSPS) is 21.8. The topological polar surface area (TPSA) is 117 Å². The number of amides is 2. The highest BCUT2D eigenvalue weighted by molar-refractivity contribution is 8.00. The number of rotatable bonds is 6. The molecule has 0 saturated carbocycles. The number of aliphatic carboxylic acids is 1. The Balaban J connectivity index is 1.52. The zero-order valence-corrected chi connectivity index (χ0v) is 19.5. The molecule has 3 atom stereocenters. The van der Waals surface area contributed by atoms with Crippen molar-refractivity contribution in [2.24, 2.45) is 0 Å². The van der Waals surface area contributed by atoms with E-state index in [0.29, 0.717) is 21.2 Å². The Morgan fingerprint density at radius 3 is 2.73 bits per heavy atom. The summed E-state index contributed by atoms with van der Waals surface area (Å²) in [4.78, 5) is 54.5. The second kappa shape index (κ2) is 8.46. The van der Waals surface area contributed by atoms with Crippen LogP contribution in [-0.2, 0) is 20.8 Å². The minimum Gasteiger partial charge on any atom is -0.477 e. The van der Waals surface area contributed by atoms with E-state index in [0.717, 1.165) is 28.4 Å². The van der Waals surface area contributed by atoms with Crippen LogP contribution < -0.4 is 9.37 Å². The van der Waals surface area contributed by atoms with E-state index in [-0.39, 0.29) is 22.1 Å². The predicted molar refractivity (Wildman–Crippen MR) is 120 cm³/mol. The quantitative estimate of drug-likeness (QED) is 0.409. The number of hydrogen-bond donors (Lipinski definition) is 3. The first-order chi connectivity index (χ1) is 14.3. The van der Waals surface area contributed by atoms with Crippen molar-refractivity contribution in [3.8, 4) is 0 Å². The van der Waals surface area contributed by atoms with E-state index in [9.17, 15) is 24.3 Å². The van der Waals surface area contributed by atoms with Gasteiger partial charge in [0.1, 0.15) is 22.1 Å². The number of thiazole rings is 1. The Morgan fingerprint density at radius 1 is 1.37 bits per heavy atom. The minimum atomic E-state index is -1.20. The first-order valence-corrected chi connectivity index (χ1v) is 12.8. The lowest BCUT2D eigenvalue weighted by Crippen LogP contribution is -2.70. The van der Waals surface area contributed by atoms with Crippen LogP contribution in [-0.4, -0.2) is 49.9 Å². The molecule has 0 bridgehead atoms. The fraction of sp³-hybridized carbons (Fsp3) is 0.353. The third-order valence-electron chi connectivity index (χ3n) is 4.55. The molecule has 3 unspecified atom stereocenters. The van der Waals surface area contributed by atoms with Crippen molar-refractivity contribution in [1.29, 1.82) is 0 Å². The number of carbonyl (C=O) groups is 3. The third-order valence-corrected chi connectivity index (χ3v) is 9.59. The van der Waals surface area contributed by atoms with Crippen LogP contribution in [0.15, 0.2) is 26.8 Å². The summed E-state index contributed by atoms with van der Waals surface area (Å²) in [5.74, 6) is -1.69. The molecular weight excluding hydrogens is 487 g/mol. The summed E-state index contributed by atoms with van der Waals surface area (Å²) in [6.45, 7) is 1.85. The molecule has 0 aliphatic carbocycles. The molecule has 0 radical (unpaired) electrons. The monoisotopic (exact) mass is 501 g/mol. The van der Waals surface area contributed by atoms with Crippen molar-refractivity contribution >= 4 is 76.2 Å². The molecule has 2 N–H and O–H groups in total. The molecule has 1 saturated heterocycles. The summed E-state index contributed by atoms with van der Waals surface area (Å²) in [7, 11) is 0. The Kier molecular flexibility index (Phi) is 6.08. The number of carboxylic acids is 1. The number of thioether (sulfide) groups is 1. The molecule has 2 aromatic rings. The number of β-lactam (4-membered cyclic amide) rings is 1. The molecule has 2 aliphatic rings. The smallest absolute Gasteiger partial charge is 0.352 e. The number of hydrogen-bond acceptors (Lipinski definition) is 10. The van der Waals surface area contributed by atoms with Gasteiger partial charge in [0, 0.05) is 27.1 Å². The molecule has 2 aromatic heterocycles. The molecule has 158 valence electrons. The van der Waals surface area contributed by atoms with Crippen LogP contribution in [0.25, 0.3) is 0 Å². The van der Waals surface area contributed by atoms with E-state index in [2.05, 4.69) is 22.9 Å². The zero-order chi connectivity index (χ0) is 21.6. The average Bonchev–Trinajstić information content (AvgIpc) is 3.32. The summed E-state index contributed by atoms with van der Waals surface area (Å²) < 4.78 is -0.0907. The molecule has 1 fully saturated rings. The number of nitrogens with one attached hydrogen (secondary N) is 1. The maximum atomic E-state index is 12.7. The van der Waals surface area contributed by atoms with Crippen LogP contribution in [0.4, 0.5) is 0 Å². The molecular formula is C17H15N3O5S5. The number of carbonyl (C=O) groups excluding carboxylic acids is 2. The molecule has 4 rings (SSSR count). The number of thiol groups is 1. The largest absolute Gasteiger partial charge is 0.477 e. The van der Waals surface area contributed by atoms with Gasteiger partial charge in [-0.1, -0.05) is 22.7 Å². The van der Waals surface area contributed by atoms with Gasteiger partial charge in [0.2, 0.25) is 5.91 Å². The van der Waals surface area contributed by atoms with Crippen LogP contribution in [0.5, 0.6) is 0 Å². The maximum absolute atomic E-state index is 12.7. The highest BCUT2D eigenvalue weighted by Gasteiger charge is 2.54. The molecule has 0 spiro atoms. The van der Waals surface area contributed by atoms with Crippen LogP contribution in [0.3, 0.4) is 0 Å². The molecule has 8 nitrogen and oxygen atoms in total. The number of aromatic nitrogens is 1. The van der Waals surface area contributed by atoms with Crippen molar-refractivity contribution in [2.45, 2.75) is 30.0 Å². The first-order valence-electron chi connectivity index (χ1n) is 8.64. The van der Waals surface area contributed by atoms with Crippen LogP contribution in [0, 0.1) is 6.92 Å². The molecule has 2 amide bonds. The number of fused-ring (bicyclic) bond motifs is 1. The van der Waals surface area contributed by atoms with E-state index in [1.165, 1.54) is 28.0 Å². The average molecular weight is 502 g/mol.